The normalized spacial score (nSPS) is 21.0. The monoisotopic (exact) mass is 354 g/mol. The number of piperidine rings is 2. The minimum Gasteiger partial charge on any atom is -0.449 e. The Morgan fingerprint density at radius 1 is 0.800 bits per heavy atom. The largest absolute Gasteiger partial charge is 0.449 e. The van der Waals surface area contributed by atoms with Crippen molar-refractivity contribution in [2.24, 2.45) is 11.8 Å². The Balaban J connectivity index is 1.81. The summed E-state index contributed by atoms with van der Waals surface area (Å²) in [5, 5.41) is 0. The van der Waals surface area contributed by atoms with Crippen molar-refractivity contribution in [3.05, 3.63) is 0 Å². The van der Waals surface area contributed by atoms with Gasteiger partial charge in [0.15, 0.2) is 0 Å². The molecular weight excluding hydrogens is 320 g/mol. The molecule has 144 valence electrons. The molecule has 2 aliphatic rings. The van der Waals surface area contributed by atoms with Crippen molar-refractivity contribution in [3.8, 4) is 0 Å². The van der Waals surface area contributed by atoms with Gasteiger partial charge in [0.05, 0.1) is 6.61 Å². The van der Waals surface area contributed by atoms with Gasteiger partial charge in [-0.3, -0.25) is 0 Å². The second-order valence-electron chi connectivity index (χ2n) is 7.74. The molecule has 0 aromatic carbocycles. The molecule has 0 bridgehead atoms. The van der Waals surface area contributed by atoms with E-state index in [0.29, 0.717) is 0 Å². The van der Waals surface area contributed by atoms with Crippen molar-refractivity contribution < 1.29 is 19.1 Å². The average Bonchev–Trinajstić information content (AvgIpc) is 2.64. The maximum atomic E-state index is 12.4. The van der Waals surface area contributed by atoms with Gasteiger partial charge in [0.25, 0.3) is 0 Å². The zero-order valence-electron chi connectivity index (χ0n) is 16.0. The van der Waals surface area contributed by atoms with E-state index < -0.39 is 0 Å². The molecule has 0 aromatic heterocycles. The summed E-state index contributed by atoms with van der Waals surface area (Å²) in [5.41, 5.74) is 0. The highest BCUT2D eigenvalue weighted by Gasteiger charge is 2.29. The molecular formula is C19H34N2O4. The summed E-state index contributed by atoms with van der Waals surface area (Å²) in [6, 6.07) is 0. The molecule has 0 aromatic rings. The Morgan fingerprint density at radius 3 is 1.76 bits per heavy atom. The van der Waals surface area contributed by atoms with Crippen molar-refractivity contribution in [3.63, 3.8) is 0 Å². The van der Waals surface area contributed by atoms with E-state index in [2.05, 4.69) is 0 Å². The van der Waals surface area contributed by atoms with Gasteiger partial charge in [-0.15, -0.1) is 0 Å². The number of nitrogens with zero attached hydrogens (tertiary/aromatic N) is 2. The molecule has 2 aliphatic heterocycles. The summed E-state index contributed by atoms with van der Waals surface area (Å²) in [4.78, 5) is 28.1. The highest BCUT2D eigenvalue weighted by molar-refractivity contribution is 5.68. The Hall–Kier alpha value is -1.46. The number of carbonyl (C=O) groups excluding carboxylic acids is 2. The lowest BCUT2D eigenvalue weighted by molar-refractivity contribution is -0.00932. The third kappa shape index (κ3) is 6.08. The smallest absolute Gasteiger partial charge is 0.410 e. The minimum absolute atomic E-state index is 0.0255. The molecule has 2 heterocycles. The molecule has 0 radical (unpaired) electrons. The summed E-state index contributed by atoms with van der Waals surface area (Å²) in [6.07, 6.45) is 5.84. The van der Waals surface area contributed by atoms with Crippen molar-refractivity contribution in [2.45, 2.75) is 65.4 Å². The van der Waals surface area contributed by atoms with Crippen LogP contribution in [-0.2, 0) is 9.47 Å². The summed E-state index contributed by atoms with van der Waals surface area (Å²) in [7, 11) is 0. The first-order valence-corrected chi connectivity index (χ1v) is 9.86. The molecule has 2 amide bonds. The lowest BCUT2D eigenvalue weighted by atomic mass is 9.95. The molecule has 6 nitrogen and oxygen atoms in total. The average molecular weight is 354 g/mol. The van der Waals surface area contributed by atoms with Crippen LogP contribution < -0.4 is 0 Å². The lowest BCUT2D eigenvalue weighted by Gasteiger charge is -2.32. The van der Waals surface area contributed by atoms with Gasteiger partial charge in [0, 0.05) is 32.1 Å². The second-order valence-corrected chi connectivity index (χ2v) is 7.74. The summed E-state index contributed by atoms with van der Waals surface area (Å²) in [6.45, 7) is 9.47. The first-order chi connectivity index (χ1) is 12.0. The Kier molecular flexibility index (Phi) is 7.85. The molecule has 0 unspecified atom stereocenters. The SMILES string of the molecule is CC(C)[C@H](OC(=O)N1CCCCC1)[C@H](C)COC(=O)N1CCCCC1. The topological polar surface area (TPSA) is 59.1 Å². The van der Waals surface area contributed by atoms with Crippen molar-refractivity contribution >= 4 is 12.2 Å². The first-order valence-electron chi connectivity index (χ1n) is 9.86. The molecule has 2 saturated heterocycles. The van der Waals surface area contributed by atoms with Crippen molar-refractivity contribution in [2.75, 3.05) is 32.8 Å². The fraction of sp³-hybridized carbons (Fsp3) is 0.895. The van der Waals surface area contributed by atoms with Crippen LogP contribution >= 0.6 is 0 Å². The minimum atomic E-state index is -0.247. The molecule has 25 heavy (non-hydrogen) atoms. The number of carbonyl (C=O) groups is 2. The Labute approximate surface area is 151 Å². The van der Waals surface area contributed by atoms with E-state index in [1.165, 1.54) is 12.8 Å². The number of hydrogen-bond donors (Lipinski definition) is 0. The predicted octanol–water partition coefficient (Wildman–Crippen LogP) is 3.89. The van der Waals surface area contributed by atoms with Crippen LogP contribution in [0, 0.1) is 11.8 Å². The van der Waals surface area contributed by atoms with E-state index in [4.69, 9.17) is 9.47 Å². The van der Waals surface area contributed by atoms with Crippen molar-refractivity contribution in [1.29, 1.82) is 0 Å². The molecule has 2 atom stereocenters. The van der Waals surface area contributed by atoms with E-state index in [-0.39, 0.29) is 36.7 Å². The highest BCUT2D eigenvalue weighted by Crippen LogP contribution is 2.20. The summed E-state index contributed by atoms with van der Waals surface area (Å²) >= 11 is 0. The molecule has 0 aliphatic carbocycles. The Bertz CT molecular complexity index is 429. The van der Waals surface area contributed by atoms with Gasteiger partial charge in [-0.2, -0.15) is 0 Å². The van der Waals surface area contributed by atoms with E-state index >= 15 is 0 Å². The van der Waals surface area contributed by atoms with Crippen LogP contribution in [0.25, 0.3) is 0 Å². The quantitative estimate of drug-likeness (QED) is 0.751. The van der Waals surface area contributed by atoms with Gasteiger partial charge in [0.2, 0.25) is 0 Å². The van der Waals surface area contributed by atoms with Gasteiger partial charge in [0.1, 0.15) is 6.10 Å². The lowest BCUT2D eigenvalue weighted by Crippen LogP contribution is -2.42. The third-order valence-electron chi connectivity index (χ3n) is 5.15. The van der Waals surface area contributed by atoms with Crippen LogP contribution in [0.3, 0.4) is 0 Å². The molecule has 6 heteroatoms. The molecule has 0 N–H and O–H groups in total. The van der Waals surface area contributed by atoms with E-state index in [9.17, 15) is 9.59 Å². The van der Waals surface area contributed by atoms with Gasteiger partial charge in [-0.1, -0.05) is 20.8 Å². The van der Waals surface area contributed by atoms with Crippen molar-refractivity contribution in [1.82, 2.24) is 9.80 Å². The number of hydrogen-bond acceptors (Lipinski definition) is 4. The standard InChI is InChI=1S/C19H34N2O4/c1-15(2)17(25-19(23)21-12-8-5-9-13-21)16(3)14-24-18(22)20-10-6-4-7-11-20/h15-17H,4-14H2,1-3H3/t16-,17+/m1/s1. The van der Waals surface area contributed by atoms with Crippen LogP contribution in [-0.4, -0.2) is 60.9 Å². The maximum absolute atomic E-state index is 12.4. The molecule has 0 saturated carbocycles. The van der Waals surface area contributed by atoms with E-state index in [1.807, 2.05) is 20.8 Å². The number of amides is 2. The zero-order valence-corrected chi connectivity index (χ0v) is 16.0. The summed E-state index contributed by atoms with van der Waals surface area (Å²) in [5.74, 6) is 0.153. The Morgan fingerprint density at radius 2 is 1.28 bits per heavy atom. The number of rotatable bonds is 5. The number of likely N-dealkylation sites (tertiary alicyclic amines) is 2. The molecule has 2 rings (SSSR count). The first kappa shape index (κ1) is 19.9. The van der Waals surface area contributed by atoms with Crippen LogP contribution in [0.2, 0.25) is 0 Å². The van der Waals surface area contributed by atoms with Crippen LogP contribution in [0.1, 0.15) is 59.3 Å². The highest BCUT2D eigenvalue weighted by atomic mass is 16.6. The third-order valence-corrected chi connectivity index (χ3v) is 5.15. The molecule has 0 spiro atoms. The van der Waals surface area contributed by atoms with Gasteiger partial charge < -0.3 is 19.3 Å². The fourth-order valence-electron chi connectivity index (χ4n) is 3.64. The van der Waals surface area contributed by atoms with Crippen LogP contribution in [0.15, 0.2) is 0 Å². The molecule has 2 fully saturated rings. The van der Waals surface area contributed by atoms with E-state index in [0.717, 1.165) is 51.9 Å². The van der Waals surface area contributed by atoms with Crippen LogP contribution in [0.5, 0.6) is 0 Å². The second kappa shape index (κ2) is 9.88. The van der Waals surface area contributed by atoms with Crippen LogP contribution in [0.4, 0.5) is 9.59 Å². The van der Waals surface area contributed by atoms with Gasteiger partial charge in [-0.25, -0.2) is 9.59 Å². The number of ether oxygens (including phenoxy) is 2. The zero-order chi connectivity index (χ0) is 18.2. The van der Waals surface area contributed by atoms with E-state index in [1.54, 1.807) is 9.80 Å². The predicted molar refractivity (Wildman–Crippen MR) is 96.5 cm³/mol. The van der Waals surface area contributed by atoms with Gasteiger partial charge >= 0.3 is 12.2 Å². The summed E-state index contributed by atoms with van der Waals surface area (Å²) < 4.78 is 11.3. The maximum Gasteiger partial charge on any atom is 0.410 e. The fourth-order valence-corrected chi connectivity index (χ4v) is 3.64. The van der Waals surface area contributed by atoms with Gasteiger partial charge in [-0.05, 0) is 44.4 Å².